The fourth-order valence-electron chi connectivity index (χ4n) is 2.76. The summed E-state index contributed by atoms with van der Waals surface area (Å²) in [5.41, 5.74) is 5.87. The number of hydrogen-bond acceptors (Lipinski definition) is 4. The van der Waals surface area contributed by atoms with Crippen molar-refractivity contribution in [2.45, 2.75) is 32.4 Å². The monoisotopic (exact) mass is 299 g/mol. The van der Waals surface area contributed by atoms with E-state index >= 15 is 0 Å². The van der Waals surface area contributed by atoms with E-state index in [-0.39, 0.29) is 11.9 Å². The number of carbonyl (C=O) groups is 1. The highest BCUT2D eigenvalue weighted by Gasteiger charge is 2.28. The summed E-state index contributed by atoms with van der Waals surface area (Å²) in [6.45, 7) is 3.30. The number of aryl methyl sites for hydroxylation is 1. The van der Waals surface area contributed by atoms with Crippen LogP contribution in [0.25, 0.3) is 11.3 Å². The largest absolute Gasteiger partial charge is 0.341 e. The summed E-state index contributed by atoms with van der Waals surface area (Å²) in [7, 11) is 0. The summed E-state index contributed by atoms with van der Waals surface area (Å²) in [6, 6.07) is 7.99. The predicted molar refractivity (Wildman–Crippen MR) is 84.5 cm³/mol. The average molecular weight is 299 g/mol. The minimum Gasteiger partial charge on any atom is -0.341 e. The summed E-state index contributed by atoms with van der Waals surface area (Å²) >= 11 is 0. The van der Waals surface area contributed by atoms with E-state index in [0.29, 0.717) is 6.54 Å². The van der Waals surface area contributed by atoms with E-state index in [1.165, 1.54) is 5.56 Å². The van der Waals surface area contributed by atoms with Gasteiger partial charge in [-0.15, -0.1) is 0 Å². The Morgan fingerprint density at radius 3 is 2.91 bits per heavy atom. The van der Waals surface area contributed by atoms with Gasteiger partial charge in [0, 0.05) is 6.54 Å². The number of nitrogens with one attached hydrogen (secondary N) is 2. The summed E-state index contributed by atoms with van der Waals surface area (Å²) in [4.78, 5) is 21.7. The van der Waals surface area contributed by atoms with Gasteiger partial charge in [0.05, 0.1) is 24.5 Å². The van der Waals surface area contributed by atoms with Gasteiger partial charge in [-0.1, -0.05) is 29.8 Å². The Labute approximate surface area is 129 Å². The van der Waals surface area contributed by atoms with Gasteiger partial charge >= 0.3 is 0 Å². The molecule has 0 spiro atoms. The van der Waals surface area contributed by atoms with Crippen molar-refractivity contribution >= 4 is 5.91 Å². The number of aromatic amines is 1. The minimum absolute atomic E-state index is 0.0436. The lowest BCUT2D eigenvalue weighted by atomic mass is 10.1. The molecule has 1 aliphatic heterocycles. The Bertz CT molecular complexity index is 649. The van der Waals surface area contributed by atoms with Crippen molar-refractivity contribution in [3.63, 3.8) is 0 Å². The first-order chi connectivity index (χ1) is 10.7. The number of rotatable bonds is 4. The van der Waals surface area contributed by atoms with Crippen molar-refractivity contribution in [2.75, 3.05) is 6.54 Å². The molecule has 1 aromatic carbocycles. The van der Waals surface area contributed by atoms with E-state index in [0.717, 1.165) is 36.5 Å². The van der Waals surface area contributed by atoms with E-state index in [4.69, 9.17) is 5.84 Å². The summed E-state index contributed by atoms with van der Waals surface area (Å²) in [6.07, 6.45) is 3.55. The van der Waals surface area contributed by atoms with Crippen LogP contribution < -0.4 is 11.3 Å². The normalized spacial score (nSPS) is 18.7. The van der Waals surface area contributed by atoms with Crippen LogP contribution in [0.15, 0.2) is 30.5 Å². The van der Waals surface area contributed by atoms with Gasteiger partial charge in [-0.25, -0.2) is 10.4 Å². The molecule has 0 bridgehead atoms. The molecule has 0 aliphatic carbocycles. The number of nitrogens with zero attached hydrogens (tertiary/aromatic N) is 2. The number of aromatic nitrogens is 2. The average Bonchev–Trinajstić information content (AvgIpc) is 2.99. The molecule has 1 unspecified atom stereocenters. The molecule has 6 heteroatoms. The third kappa shape index (κ3) is 3.03. The topological polar surface area (TPSA) is 87.0 Å². The van der Waals surface area contributed by atoms with Gasteiger partial charge in [0.2, 0.25) is 5.91 Å². The van der Waals surface area contributed by atoms with Gasteiger partial charge in [0.25, 0.3) is 0 Å². The Morgan fingerprint density at radius 2 is 2.18 bits per heavy atom. The van der Waals surface area contributed by atoms with Crippen LogP contribution >= 0.6 is 0 Å². The van der Waals surface area contributed by atoms with Crippen LogP contribution in [0.3, 0.4) is 0 Å². The molecule has 2 aromatic rings. The molecule has 1 amide bonds. The van der Waals surface area contributed by atoms with Crippen LogP contribution in [0.4, 0.5) is 0 Å². The second-order valence-electron chi connectivity index (χ2n) is 5.73. The van der Waals surface area contributed by atoms with Gasteiger partial charge in [0.1, 0.15) is 5.82 Å². The third-order valence-electron chi connectivity index (χ3n) is 4.06. The minimum atomic E-state index is -0.278. The number of H-pyrrole nitrogens is 1. The zero-order chi connectivity index (χ0) is 15.5. The number of piperidine rings is 1. The predicted octanol–water partition coefficient (Wildman–Crippen LogP) is 1.34. The van der Waals surface area contributed by atoms with Crippen molar-refractivity contribution in [1.29, 1.82) is 0 Å². The highest BCUT2D eigenvalue weighted by Crippen LogP contribution is 2.19. The van der Waals surface area contributed by atoms with Crippen LogP contribution in [0.5, 0.6) is 0 Å². The van der Waals surface area contributed by atoms with Crippen LogP contribution in [-0.2, 0) is 11.3 Å². The number of hydrazine groups is 1. The van der Waals surface area contributed by atoms with E-state index in [1.807, 2.05) is 6.20 Å². The Kier molecular flexibility index (Phi) is 4.22. The number of benzene rings is 1. The van der Waals surface area contributed by atoms with Crippen LogP contribution in [0.1, 0.15) is 24.2 Å². The number of amides is 1. The fraction of sp³-hybridized carbons (Fsp3) is 0.375. The highest BCUT2D eigenvalue weighted by molar-refractivity contribution is 5.82. The van der Waals surface area contributed by atoms with Crippen molar-refractivity contribution in [3.05, 3.63) is 41.9 Å². The number of hydrogen-bond donors (Lipinski definition) is 3. The summed E-state index contributed by atoms with van der Waals surface area (Å²) in [5.74, 6) is 6.26. The maximum Gasteiger partial charge on any atom is 0.241 e. The lowest BCUT2D eigenvalue weighted by molar-refractivity contribution is -0.136. The Morgan fingerprint density at radius 1 is 1.41 bits per heavy atom. The summed E-state index contributed by atoms with van der Waals surface area (Å²) < 4.78 is 0. The molecule has 1 atom stereocenters. The molecule has 1 fully saturated rings. The smallest absolute Gasteiger partial charge is 0.241 e. The lowest BCUT2D eigenvalue weighted by Crippen LogP contribution is -2.52. The van der Waals surface area contributed by atoms with E-state index in [9.17, 15) is 4.79 Å². The molecule has 116 valence electrons. The standard InChI is InChI=1S/C16H21N5O/c1-11-4-6-12(7-5-11)14-9-18-15(19-14)10-21-8-2-3-13(20-17)16(21)22/h4-7,9,13,20H,2-3,8,10,17H2,1H3,(H,18,19). The first-order valence-corrected chi connectivity index (χ1v) is 7.53. The third-order valence-corrected chi connectivity index (χ3v) is 4.06. The summed E-state index contributed by atoms with van der Waals surface area (Å²) in [5, 5.41) is 0. The molecule has 1 aromatic heterocycles. The number of nitrogens with two attached hydrogens (primary N) is 1. The maximum absolute atomic E-state index is 12.2. The maximum atomic E-state index is 12.2. The molecule has 1 aliphatic rings. The molecule has 4 N–H and O–H groups in total. The van der Waals surface area contributed by atoms with Crippen LogP contribution in [0.2, 0.25) is 0 Å². The van der Waals surface area contributed by atoms with Crippen molar-refractivity contribution in [3.8, 4) is 11.3 Å². The zero-order valence-corrected chi connectivity index (χ0v) is 12.7. The van der Waals surface area contributed by atoms with Crippen molar-refractivity contribution in [1.82, 2.24) is 20.3 Å². The van der Waals surface area contributed by atoms with E-state index in [2.05, 4.69) is 46.6 Å². The second kappa shape index (κ2) is 6.29. The van der Waals surface area contributed by atoms with Crippen molar-refractivity contribution in [2.24, 2.45) is 5.84 Å². The Balaban J connectivity index is 1.71. The molecule has 6 nitrogen and oxygen atoms in total. The van der Waals surface area contributed by atoms with Gasteiger partial charge < -0.3 is 9.88 Å². The number of carbonyl (C=O) groups excluding carboxylic acids is 1. The van der Waals surface area contributed by atoms with Gasteiger partial charge in [-0.3, -0.25) is 10.6 Å². The van der Waals surface area contributed by atoms with Gasteiger partial charge in [0.15, 0.2) is 0 Å². The van der Waals surface area contributed by atoms with E-state index < -0.39 is 0 Å². The van der Waals surface area contributed by atoms with Crippen LogP contribution in [0, 0.1) is 6.92 Å². The zero-order valence-electron chi connectivity index (χ0n) is 12.7. The van der Waals surface area contributed by atoms with Crippen molar-refractivity contribution < 1.29 is 4.79 Å². The SMILES string of the molecule is Cc1ccc(-c2cnc(CN3CCCC(NN)C3=O)[nH]2)cc1. The molecule has 1 saturated heterocycles. The molecule has 3 rings (SSSR count). The first-order valence-electron chi connectivity index (χ1n) is 7.53. The van der Waals surface area contributed by atoms with E-state index in [1.54, 1.807) is 4.90 Å². The van der Waals surface area contributed by atoms with Gasteiger partial charge in [-0.2, -0.15) is 0 Å². The van der Waals surface area contributed by atoms with Crippen LogP contribution in [-0.4, -0.2) is 33.4 Å². The van der Waals surface area contributed by atoms with Gasteiger partial charge in [-0.05, 0) is 25.3 Å². The molecule has 0 radical (unpaired) electrons. The Hall–Kier alpha value is -2.18. The quantitative estimate of drug-likeness (QED) is 0.587. The molecular weight excluding hydrogens is 278 g/mol. The fourth-order valence-corrected chi connectivity index (χ4v) is 2.76. The highest BCUT2D eigenvalue weighted by atomic mass is 16.2. The lowest BCUT2D eigenvalue weighted by Gasteiger charge is -2.31. The molecule has 2 heterocycles. The number of likely N-dealkylation sites (tertiary alicyclic amines) is 1. The molecule has 0 saturated carbocycles. The molecular formula is C16H21N5O. The first kappa shape index (κ1) is 14.7. The second-order valence-corrected chi connectivity index (χ2v) is 5.73. The number of imidazole rings is 1. The molecule has 22 heavy (non-hydrogen) atoms.